The van der Waals surface area contributed by atoms with E-state index in [4.69, 9.17) is 4.74 Å². The highest BCUT2D eigenvalue weighted by Crippen LogP contribution is 2.38. The van der Waals surface area contributed by atoms with Gasteiger partial charge in [0.1, 0.15) is 11.4 Å². The SMILES string of the molecule is Cc1c(NC(=O)C(C)Oc2cc(C(F)(F)F)cc(C(F)(F)F)c2)c(=O)n(-c2ccccc2)n1C. The molecule has 0 fully saturated rings. The van der Waals surface area contributed by atoms with Crippen LogP contribution in [0.15, 0.2) is 53.3 Å². The number of benzene rings is 2. The average Bonchev–Trinajstić information content (AvgIpc) is 2.96. The first-order valence-electron chi connectivity index (χ1n) is 9.81. The predicted molar refractivity (Wildman–Crippen MR) is 111 cm³/mol. The van der Waals surface area contributed by atoms with Crippen LogP contribution in [0.4, 0.5) is 32.0 Å². The Labute approximate surface area is 189 Å². The molecule has 0 radical (unpaired) electrons. The van der Waals surface area contributed by atoms with Gasteiger partial charge >= 0.3 is 12.4 Å². The molecule has 0 spiro atoms. The highest BCUT2D eigenvalue weighted by Gasteiger charge is 2.37. The summed E-state index contributed by atoms with van der Waals surface area (Å²) in [4.78, 5) is 25.5. The fraction of sp³-hybridized carbons (Fsp3) is 0.273. The van der Waals surface area contributed by atoms with E-state index in [1.165, 1.54) is 9.36 Å². The zero-order chi connectivity index (χ0) is 25.4. The van der Waals surface area contributed by atoms with Crippen LogP contribution in [0.2, 0.25) is 0 Å². The fourth-order valence-corrected chi connectivity index (χ4v) is 3.19. The minimum atomic E-state index is -5.06. The molecule has 0 saturated carbocycles. The Kier molecular flexibility index (Phi) is 6.54. The van der Waals surface area contributed by atoms with Crippen molar-refractivity contribution in [3.8, 4) is 11.4 Å². The molecule has 6 nitrogen and oxygen atoms in total. The minimum Gasteiger partial charge on any atom is -0.481 e. The van der Waals surface area contributed by atoms with Gasteiger partial charge in [-0.3, -0.25) is 14.3 Å². The van der Waals surface area contributed by atoms with E-state index < -0.39 is 46.8 Å². The quantitative estimate of drug-likeness (QED) is 0.520. The first-order chi connectivity index (χ1) is 15.7. The standard InChI is InChI=1S/C22H19F6N3O3/c1-12-18(20(33)31(30(12)3)16-7-5-4-6-8-16)29-19(32)13(2)34-17-10-14(21(23,24)25)9-15(11-17)22(26,27)28/h4-11,13H,1-3H3,(H,29,32). The summed E-state index contributed by atoms with van der Waals surface area (Å²) in [6.45, 7) is 2.70. The lowest BCUT2D eigenvalue weighted by Gasteiger charge is -2.18. The van der Waals surface area contributed by atoms with E-state index in [2.05, 4.69) is 5.32 Å². The molecule has 0 aliphatic heterocycles. The summed E-state index contributed by atoms with van der Waals surface area (Å²) in [5.41, 5.74) is -2.94. The average molecular weight is 487 g/mol. The number of halogens is 6. The second-order valence-corrected chi connectivity index (χ2v) is 7.43. The van der Waals surface area contributed by atoms with Gasteiger partial charge < -0.3 is 10.1 Å². The number of ether oxygens (including phenoxy) is 1. The number of para-hydroxylation sites is 1. The van der Waals surface area contributed by atoms with E-state index in [1.54, 1.807) is 44.3 Å². The number of nitrogens with one attached hydrogen (secondary N) is 1. The first-order valence-corrected chi connectivity index (χ1v) is 9.81. The van der Waals surface area contributed by atoms with Gasteiger partial charge in [-0.25, -0.2) is 4.68 Å². The number of rotatable bonds is 5. The third kappa shape index (κ3) is 5.10. The number of nitrogens with zero attached hydrogens (tertiary/aromatic N) is 2. The minimum absolute atomic E-state index is 0.0447. The van der Waals surface area contributed by atoms with Crippen LogP contribution in [-0.2, 0) is 24.2 Å². The van der Waals surface area contributed by atoms with E-state index in [-0.39, 0.29) is 11.8 Å². The van der Waals surface area contributed by atoms with Crippen LogP contribution >= 0.6 is 0 Å². The molecule has 12 heteroatoms. The molecule has 182 valence electrons. The second kappa shape index (κ2) is 8.92. The number of carbonyl (C=O) groups is 1. The molecule has 3 aromatic rings. The largest absolute Gasteiger partial charge is 0.481 e. The molecular formula is C22H19F6N3O3. The Morgan fingerprint density at radius 1 is 0.971 bits per heavy atom. The molecule has 1 heterocycles. The van der Waals surface area contributed by atoms with Crippen molar-refractivity contribution in [2.45, 2.75) is 32.3 Å². The van der Waals surface area contributed by atoms with Crippen LogP contribution in [0.3, 0.4) is 0 Å². The monoisotopic (exact) mass is 487 g/mol. The molecule has 1 unspecified atom stereocenters. The third-order valence-corrected chi connectivity index (χ3v) is 5.05. The highest BCUT2D eigenvalue weighted by atomic mass is 19.4. The summed E-state index contributed by atoms with van der Waals surface area (Å²) in [6, 6.07) is 9.21. The molecule has 1 amide bonds. The maximum absolute atomic E-state index is 13.0. The molecule has 0 aliphatic rings. The molecule has 0 saturated heterocycles. The van der Waals surface area contributed by atoms with Crippen LogP contribution < -0.4 is 15.6 Å². The van der Waals surface area contributed by atoms with Crippen LogP contribution in [-0.4, -0.2) is 21.4 Å². The molecule has 3 rings (SSSR count). The Bertz CT molecular complexity index is 1230. The van der Waals surface area contributed by atoms with E-state index >= 15 is 0 Å². The van der Waals surface area contributed by atoms with Crippen molar-refractivity contribution in [3.05, 3.63) is 75.7 Å². The number of carbonyl (C=O) groups excluding carboxylic acids is 1. The van der Waals surface area contributed by atoms with Crippen molar-refractivity contribution < 1.29 is 35.9 Å². The smallest absolute Gasteiger partial charge is 0.416 e. The Balaban J connectivity index is 1.88. The van der Waals surface area contributed by atoms with Gasteiger partial charge in [-0.1, -0.05) is 18.2 Å². The summed E-state index contributed by atoms with van der Waals surface area (Å²) in [7, 11) is 1.58. The van der Waals surface area contributed by atoms with E-state index in [0.29, 0.717) is 23.5 Å². The lowest BCUT2D eigenvalue weighted by molar-refractivity contribution is -0.143. The second-order valence-electron chi connectivity index (χ2n) is 7.43. The molecule has 0 bridgehead atoms. The van der Waals surface area contributed by atoms with Gasteiger partial charge in [-0.2, -0.15) is 26.3 Å². The van der Waals surface area contributed by atoms with E-state index in [9.17, 15) is 35.9 Å². The molecule has 0 aliphatic carbocycles. The van der Waals surface area contributed by atoms with Crippen molar-refractivity contribution in [2.24, 2.45) is 7.05 Å². The summed E-state index contributed by atoms with van der Waals surface area (Å²) in [6.07, 6.45) is -11.6. The fourth-order valence-electron chi connectivity index (χ4n) is 3.19. The summed E-state index contributed by atoms with van der Waals surface area (Å²) in [5.74, 6) is -1.73. The van der Waals surface area contributed by atoms with Gasteiger partial charge in [-0.05, 0) is 44.2 Å². The number of aromatic nitrogens is 2. The third-order valence-electron chi connectivity index (χ3n) is 5.05. The van der Waals surface area contributed by atoms with Gasteiger partial charge in [0, 0.05) is 7.05 Å². The molecule has 1 N–H and O–H groups in total. The van der Waals surface area contributed by atoms with E-state index in [0.717, 1.165) is 6.92 Å². The van der Waals surface area contributed by atoms with E-state index in [1.807, 2.05) is 0 Å². The zero-order valence-electron chi connectivity index (χ0n) is 18.1. The zero-order valence-corrected chi connectivity index (χ0v) is 18.1. The number of anilines is 1. The lowest BCUT2D eigenvalue weighted by Crippen LogP contribution is -2.32. The van der Waals surface area contributed by atoms with Gasteiger partial charge in [0.05, 0.1) is 22.5 Å². The first kappa shape index (κ1) is 24.9. The number of hydrogen-bond donors (Lipinski definition) is 1. The van der Waals surface area contributed by atoms with Crippen LogP contribution in [0.25, 0.3) is 5.69 Å². The topological polar surface area (TPSA) is 65.3 Å². The molecular weight excluding hydrogens is 468 g/mol. The van der Waals surface area contributed by atoms with Crippen LogP contribution in [0, 0.1) is 6.92 Å². The van der Waals surface area contributed by atoms with Gasteiger partial charge in [0.15, 0.2) is 6.10 Å². The van der Waals surface area contributed by atoms with Crippen molar-refractivity contribution in [3.63, 3.8) is 0 Å². The van der Waals surface area contributed by atoms with Crippen molar-refractivity contribution in [1.29, 1.82) is 0 Å². The van der Waals surface area contributed by atoms with Crippen LogP contribution in [0.5, 0.6) is 5.75 Å². The maximum Gasteiger partial charge on any atom is 0.416 e. The molecule has 1 aromatic heterocycles. The van der Waals surface area contributed by atoms with Gasteiger partial charge in [-0.15, -0.1) is 0 Å². The van der Waals surface area contributed by atoms with Crippen molar-refractivity contribution in [2.75, 3.05) is 5.32 Å². The Hall–Kier alpha value is -3.70. The summed E-state index contributed by atoms with van der Waals surface area (Å²) >= 11 is 0. The molecule has 2 aromatic carbocycles. The number of amides is 1. The maximum atomic E-state index is 13.0. The Morgan fingerprint density at radius 3 is 2.00 bits per heavy atom. The summed E-state index contributed by atoms with van der Waals surface area (Å²) in [5, 5.41) is 2.36. The lowest BCUT2D eigenvalue weighted by atomic mass is 10.1. The number of hydrogen-bond acceptors (Lipinski definition) is 3. The number of alkyl halides is 6. The molecule has 1 atom stereocenters. The van der Waals surface area contributed by atoms with Crippen LogP contribution in [0.1, 0.15) is 23.7 Å². The van der Waals surface area contributed by atoms with Gasteiger partial charge in [0.25, 0.3) is 11.5 Å². The highest BCUT2D eigenvalue weighted by molar-refractivity contribution is 5.94. The predicted octanol–water partition coefficient (Wildman–Crippen LogP) is 4.93. The van der Waals surface area contributed by atoms with Crippen molar-refractivity contribution >= 4 is 11.6 Å². The normalized spacial score (nSPS) is 13.0. The summed E-state index contributed by atoms with van der Waals surface area (Å²) < 4.78 is 86.2. The Morgan fingerprint density at radius 2 is 1.50 bits per heavy atom. The molecule has 34 heavy (non-hydrogen) atoms. The van der Waals surface area contributed by atoms with Crippen molar-refractivity contribution in [1.82, 2.24) is 9.36 Å². The van der Waals surface area contributed by atoms with Gasteiger partial charge in [0.2, 0.25) is 0 Å².